The summed E-state index contributed by atoms with van der Waals surface area (Å²) in [6.45, 7) is 5.02. The maximum atomic E-state index is 13.9. The first-order valence-electron chi connectivity index (χ1n) is 19.4. The molecule has 4 atom stereocenters. The summed E-state index contributed by atoms with van der Waals surface area (Å²) in [6, 6.07) is 28.0. The highest BCUT2D eigenvalue weighted by molar-refractivity contribution is 5.88. The predicted molar refractivity (Wildman–Crippen MR) is 216 cm³/mol. The van der Waals surface area contributed by atoms with Crippen molar-refractivity contribution in [3.8, 4) is 33.6 Å². The zero-order valence-corrected chi connectivity index (χ0v) is 32.7. The number of imidazole rings is 1. The quantitative estimate of drug-likeness (QED) is 0.108. The minimum atomic E-state index is -0.877. The molecule has 0 bridgehead atoms. The topological polar surface area (TPSA) is 162 Å². The Morgan fingerprint density at radius 1 is 0.667 bits per heavy atom. The molecule has 4 heterocycles. The van der Waals surface area contributed by atoms with Crippen molar-refractivity contribution in [2.75, 3.05) is 27.3 Å². The maximum Gasteiger partial charge on any atom is 0.407 e. The average Bonchev–Trinajstić information content (AvgIpc) is 4.09. The molecule has 13 heteroatoms. The smallest absolute Gasteiger partial charge is 0.407 e. The third-order valence-electron chi connectivity index (χ3n) is 11.0. The summed E-state index contributed by atoms with van der Waals surface area (Å²) < 4.78 is 9.59. The van der Waals surface area contributed by atoms with Crippen LogP contribution in [0.5, 0.6) is 0 Å². The molecule has 2 aliphatic rings. The Kier molecular flexibility index (Phi) is 11.7. The molecular weight excluding hydrogens is 723 g/mol. The molecule has 2 fully saturated rings. The number of amides is 4. The molecule has 2 aliphatic heterocycles. The molecule has 0 saturated carbocycles. The molecule has 2 saturated heterocycles. The van der Waals surface area contributed by atoms with Crippen LogP contribution in [-0.2, 0) is 19.1 Å². The third-order valence-corrected chi connectivity index (χ3v) is 11.0. The number of aromatic amines is 2. The van der Waals surface area contributed by atoms with Gasteiger partial charge in [0.15, 0.2) is 0 Å². The van der Waals surface area contributed by atoms with Crippen LogP contribution in [0.2, 0.25) is 0 Å². The van der Waals surface area contributed by atoms with E-state index in [2.05, 4.69) is 69.1 Å². The normalized spacial score (nSPS) is 17.6. The first-order chi connectivity index (χ1) is 27.6. The predicted octanol–water partition coefficient (Wildman–Crippen LogP) is 7.54. The second-order valence-electron chi connectivity index (χ2n) is 14.9. The average molecular weight is 772 g/mol. The number of aromatic nitrogens is 3. The zero-order chi connectivity index (χ0) is 40.1. The number of alkyl carbamates (subject to hydrolysis) is 2. The van der Waals surface area contributed by atoms with Crippen LogP contribution < -0.4 is 10.6 Å². The third kappa shape index (κ3) is 8.42. The molecular formula is C44H49N7O6. The van der Waals surface area contributed by atoms with Gasteiger partial charge in [0.25, 0.3) is 5.91 Å². The van der Waals surface area contributed by atoms with E-state index in [1.165, 1.54) is 14.2 Å². The van der Waals surface area contributed by atoms with Gasteiger partial charge >= 0.3 is 12.2 Å². The van der Waals surface area contributed by atoms with Crippen molar-refractivity contribution in [1.82, 2.24) is 35.4 Å². The molecule has 296 valence electrons. The summed E-state index contributed by atoms with van der Waals surface area (Å²) in [5.41, 5.74) is 7.61. The van der Waals surface area contributed by atoms with Gasteiger partial charge in [0.05, 0.1) is 38.2 Å². The number of carbonyl (C=O) groups is 4. The van der Waals surface area contributed by atoms with Crippen molar-refractivity contribution in [2.24, 2.45) is 5.92 Å². The van der Waals surface area contributed by atoms with E-state index in [1.54, 1.807) is 11.1 Å². The Balaban J connectivity index is 1.01. The lowest BCUT2D eigenvalue weighted by Crippen LogP contribution is -2.51. The van der Waals surface area contributed by atoms with E-state index in [1.807, 2.05) is 61.2 Å². The Bertz CT molecular complexity index is 2180. The highest BCUT2D eigenvalue weighted by Crippen LogP contribution is 2.36. The van der Waals surface area contributed by atoms with Crippen LogP contribution >= 0.6 is 0 Å². The van der Waals surface area contributed by atoms with Crippen LogP contribution in [0.3, 0.4) is 0 Å². The van der Waals surface area contributed by atoms with Gasteiger partial charge < -0.3 is 39.9 Å². The Morgan fingerprint density at radius 3 is 1.84 bits per heavy atom. The van der Waals surface area contributed by atoms with Gasteiger partial charge in [-0.15, -0.1) is 0 Å². The van der Waals surface area contributed by atoms with Crippen LogP contribution in [0.4, 0.5) is 9.59 Å². The number of methoxy groups -OCH3 is 2. The summed E-state index contributed by atoms with van der Waals surface area (Å²) in [6.07, 6.45) is 3.82. The van der Waals surface area contributed by atoms with E-state index in [4.69, 9.17) is 14.5 Å². The van der Waals surface area contributed by atoms with Gasteiger partial charge in [0.1, 0.15) is 17.9 Å². The van der Waals surface area contributed by atoms with E-state index in [9.17, 15) is 19.2 Å². The number of hydrogen-bond acceptors (Lipinski definition) is 7. The van der Waals surface area contributed by atoms with Crippen molar-refractivity contribution >= 4 is 24.0 Å². The van der Waals surface area contributed by atoms with E-state index in [-0.39, 0.29) is 29.8 Å². The Morgan fingerprint density at radius 2 is 1.23 bits per heavy atom. The fourth-order valence-electron chi connectivity index (χ4n) is 7.93. The number of H-pyrrole nitrogens is 2. The highest BCUT2D eigenvalue weighted by Gasteiger charge is 2.38. The molecule has 4 N–H and O–H groups in total. The van der Waals surface area contributed by atoms with Gasteiger partial charge in [-0.25, -0.2) is 14.6 Å². The van der Waals surface area contributed by atoms with Crippen LogP contribution in [-0.4, -0.2) is 82.1 Å². The minimum absolute atomic E-state index is 0.0872. The molecule has 5 aromatic rings. The van der Waals surface area contributed by atoms with Crippen LogP contribution in [0.15, 0.2) is 97.2 Å². The summed E-state index contributed by atoms with van der Waals surface area (Å²) in [5, 5.41) is 5.42. The molecule has 7 rings (SSSR count). The van der Waals surface area contributed by atoms with Gasteiger partial charge in [-0.3, -0.25) is 9.59 Å². The highest BCUT2D eigenvalue weighted by atomic mass is 16.5. The molecule has 3 aromatic carbocycles. The number of likely N-dealkylation sites (tertiary alicyclic amines) is 2. The lowest BCUT2D eigenvalue weighted by molar-refractivity contribution is -0.135. The monoisotopic (exact) mass is 771 g/mol. The van der Waals surface area contributed by atoms with E-state index >= 15 is 0 Å². The number of hydrogen-bond donors (Lipinski definition) is 4. The van der Waals surface area contributed by atoms with Gasteiger partial charge in [-0.1, -0.05) is 92.7 Å². The number of nitrogens with zero attached hydrogens (tertiary/aromatic N) is 3. The minimum Gasteiger partial charge on any atom is -0.453 e. The summed E-state index contributed by atoms with van der Waals surface area (Å²) in [5.74, 6) is 0.303. The Hall–Kier alpha value is -6.37. The van der Waals surface area contributed by atoms with Crippen molar-refractivity contribution in [1.29, 1.82) is 0 Å². The van der Waals surface area contributed by atoms with E-state index < -0.39 is 24.3 Å². The summed E-state index contributed by atoms with van der Waals surface area (Å²) in [7, 11) is 2.58. The summed E-state index contributed by atoms with van der Waals surface area (Å²) >= 11 is 0. The number of rotatable bonds is 11. The van der Waals surface area contributed by atoms with Crippen LogP contribution in [0.1, 0.15) is 74.7 Å². The number of nitrogens with one attached hydrogen (secondary N) is 4. The summed E-state index contributed by atoms with van der Waals surface area (Å²) in [4.78, 5) is 67.0. The molecule has 0 aliphatic carbocycles. The Labute approximate surface area is 332 Å². The second kappa shape index (κ2) is 17.2. The second-order valence-corrected chi connectivity index (χ2v) is 14.9. The number of carbonyl (C=O) groups excluding carboxylic acids is 4. The molecule has 0 radical (unpaired) electrons. The first-order valence-corrected chi connectivity index (χ1v) is 19.4. The van der Waals surface area contributed by atoms with Crippen LogP contribution in [0, 0.1) is 5.92 Å². The van der Waals surface area contributed by atoms with E-state index in [0.717, 1.165) is 65.0 Å². The lowest BCUT2D eigenvalue weighted by atomic mass is 10.0. The fourth-order valence-corrected chi connectivity index (χ4v) is 7.93. The van der Waals surface area contributed by atoms with Crippen molar-refractivity contribution < 1.29 is 28.7 Å². The maximum absolute atomic E-state index is 13.9. The first kappa shape index (κ1) is 38.9. The molecule has 2 aromatic heterocycles. The molecule has 4 amide bonds. The van der Waals surface area contributed by atoms with Crippen molar-refractivity contribution in [3.05, 3.63) is 114 Å². The molecule has 13 nitrogen and oxygen atoms in total. The molecule has 0 spiro atoms. The van der Waals surface area contributed by atoms with Gasteiger partial charge in [0, 0.05) is 24.5 Å². The fraction of sp³-hybridized carbons (Fsp3) is 0.341. The number of benzene rings is 3. The number of ether oxygens (including phenoxy) is 2. The van der Waals surface area contributed by atoms with Crippen molar-refractivity contribution in [3.63, 3.8) is 0 Å². The van der Waals surface area contributed by atoms with Crippen molar-refractivity contribution in [2.45, 2.75) is 63.7 Å². The standard InChI is InChI=1S/C44H49N7O6/c1-27(2)38(48-43(54)56-3)41(52)50-24-8-12-36(50)34-23-22-33(46-34)30-18-14-28(15-19-30)29-16-20-31(21-17-29)35-26-45-40(47-35)37-13-9-25-51(37)42(53)39(49-44(55)57-4)32-10-6-5-7-11-32/h5-7,10-11,14-23,26-27,36-39,46H,8-9,12-13,24-25H2,1-4H3,(H,45,47)(H,48,54)(H,49,55)/t36?,37-,38-,39-/m0/s1. The van der Waals surface area contributed by atoms with Gasteiger partial charge in [-0.2, -0.15) is 0 Å². The van der Waals surface area contributed by atoms with Gasteiger partial charge in [-0.05, 0) is 71.6 Å². The van der Waals surface area contributed by atoms with E-state index in [0.29, 0.717) is 24.5 Å². The van der Waals surface area contributed by atoms with Crippen LogP contribution in [0.25, 0.3) is 33.6 Å². The lowest BCUT2D eigenvalue weighted by Gasteiger charge is -2.30. The largest absolute Gasteiger partial charge is 0.453 e. The molecule has 57 heavy (non-hydrogen) atoms. The van der Waals surface area contributed by atoms with Gasteiger partial charge in [0.2, 0.25) is 5.91 Å². The SMILES string of the molecule is COC(=O)N[C@H](C(=O)N1CCC[C@H]1c1ncc(-c2ccc(-c3ccc(-c4ccc(C5CCCN5C(=O)[C@@H](NC(=O)OC)C(C)C)[nH]4)cc3)cc2)[nH]1)c1ccccc1. The molecule has 1 unspecified atom stereocenters. The zero-order valence-electron chi connectivity index (χ0n) is 32.7.